The van der Waals surface area contributed by atoms with E-state index in [1.54, 1.807) is 0 Å². The van der Waals surface area contributed by atoms with Crippen LogP contribution in [-0.2, 0) is 13.6 Å². The number of aromatic nitrogens is 3. The van der Waals surface area contributed by atoms with Crippen molar-refractivity contribution in [3.63, 3.8) is 0 Å². The first-order valence-electron chi connectivity index (χ1n) is 8.56. The van der Waals surface area contributed by atoms with Crippen molar-refractivity contribution in [2.45, 2.75) is 71.0 Å². The normalized spacial score (nSPS) is 26.0. The van der Waals surface area contributed by atoms with Crippen molar-refractivity contribution in [1.82, 2.24) is 25.4 Å². The summed E-state index contributed by atoms with van der Waals surface area (Å²) in [4.78, 5) is 4.75. The van der Waals surface area contributed by atoms with Crippen molar-refractivity contribution >= 4 is 5.96 Å². The Hall–Kier alpha value is -1.59. The second kappa shape index (κ2) is 6.67. The van der Waals surface area contributed by atoms with Gasteiger partial charge < -0.3 is 15.2 Å². The van der Waals surface area contributed by atoms with Gasteiger partial charge in [0.25, 0.3) is 0 Å². The summed E-state index contributed by atoms with van der Waals surface area (Å²) < 4.78 is 2.00. The molecule has 1 aromatic heterocycles. The maximum Gasteiger partial charge on any atom is 0.192 e. The predicted octanol–water partition coefficient (Wildman–Crippen LogP) is 1.90. The van der Waals surface area contributed by atoms with Crippen LogP contribution in [0.15, 0.2) is 4.99 Å². The van der Waals surface area contributed by atoms with E-state index < -0.39 is 0 Å². The van der Waals surface area contributed by atoms with Crippen molar-refractivity contribution in [3.05, 3.63) is 11.6 Å². The summed E-state index contributed by atoms with van der Waals surface area (Å²) in [5.74, 6) is 3.54. The third kappa shape index (κ3) is 3.78. The molecule has 0 radical (unpaired) electrons. The van der Waals surface area contributed by atoms with Crippen molar-refractivity contribution in [1.29, 1.82) is 0 Å². The largest absolute Gasteiger partial charge is 0.354 e. The van der Waals surface area contributed by atoms with E-state index in [0.29, 0.717) is 18.6 Å². The summed E-state index contributed by atoms with van der Waals surface area (Å²) in [6, 6.07) is 1.14. The van der Waals surface area contributed by atoms with Gasteiger partial charge in [0.2, 0.25) is 0 Å². The average Bonchev–Trinajstić information content (AvgIpc) is 3.12. The lowest BCUT2D eigenvalue weighted by molar-refractivity contribution is 0.409. The van der Waals surface area contributed by atoms with E-state index in [0.717, 1.165) is 23.5 Å². The van der Waals surface area contributed by atoms with Gasteiger partial charge in [-0.25, -0.2) is 4.99 Å². The molecule has 2 N–H and O–H groups in total. The summed E-state index contributed by atoms with van der Waals surface area (Å²) in [5.41, 5.74) is 0. The van der Waals surface area contributed by atoms with Crippen LogP contribution in [0.5, 0.6) is 0 Å². The van der Waals surface area contributed by atoms with E-state index in [4.69, 9.17) is 4.99 Å². The first kappa shape index (κ1) is 15.3. The minimum atomic E-state index is 0.565. The third-order valence-corrected chi connectivity index (χ3v) is 4.94. The SMILES string of the molecule is Cc1nnc(CN=C(NC2CCCCC2)NC2CC2C)n1C. The van der Waals surface area contributed by atoms with Crippen LogP contribution in [0.4, 0.5) is 0 Å². The fourth-order valence-corrected chi connectivity index (χ4v) is 3.01. The molecule has 22 heavy (non-hydrogen) atoms. The van der Waals surface area contributed by atoms with Crippen LogP contribution >= 0.6 is 0 Å². The number of rotatable bonds is 4. The van der Waals surface area contributed by atoms with Crippen molar-refractivity contribution in [2.75, 3.05) is 0 Å². The molecule has 0 aromatic carbocycles. The second-order valence-corrected chi connectivity index (χ2v) is 6.83. The highest BCUT2D eigenvalue weighted by atomic mass is 15.3. The first-order valence-corrected chi connectivity index (χ1v) is 8.56. The first-order chi connectivity index (χ1) is 10.6. The van der Waals surface area contributed by atoms with E-state index in [1.807, 2.05) is 18.5 Å². The van der Waals surface area contributed by atoms with Crippen LogP contribution in [0.2, 0.25) is 0 Å². The Balaban J connectivity index is 1.63. The fraction of sp³-hybridized carbons (Fsp3) is 0.812. The molecule has 2 unspecified atom stereocenters. The van der Waals surface area contributed by atoms with Gasteiger partial charge in [0, 0.05) is 19.1 Å². The molecule has 0 amide bonds. The molecular formula is C16H28N6. The number of guanidine groups is 1. The number of nitrogens with one attached hydrogen (secondary N) is 2. The Morgan fingerprint density at radius 2 is 1.95 bits per heavy atom. The molecule has 2 aliphatic rings. The summed E-state index contributed by atoms with van der Waals surface area (Å²) in [7, 11) is 1.99. The van der Waals surface area contributed by atoms with Gasteiger partial charge >= 0.3 is 0 Å². The molecule has 2 atom stereocenters. The molecule has 122 valence electrons. The molecule has 6 heteroatoms. The maximum absolute atomic E-state index is 4.75. The molecule has 3 rings (SSSR count). The predicted molar refractivity (Wildman–Crippen MR) is 87.6 cm³/mol. The smallest absolute Gasteiger partial charge is 0.192 e. The monoisotopic (exact) mass is 304 g/mol. The molecule has 6 nitrogen and oxygen atoms in total. The molecule has 1 aromatic rings. The molecule has 0 saturated heterocycles. The van der Waals surface area contributed by atoms with Crippen molar-refractivity contribution in [2.24, 2.45) is 18.0 Å². The van der Waals surface area contributed by atoms with Crippen LogP contribution in [0.3, 0.4) is 0 Å². The summed E-state index contributed by atoms with van der Waals surface area (Å²) >= 11 is 0. The molecule has 0 bridgehead atoms. The summed E-state index contributed by atoms with van der Waals surface area (Å²) in [5, 5.41) is 15.5. The third-order valence-electron chi connectivity index (χ3n) is 4.94. The van der Waals surface area contributed by atoms with Crippen LogP contribution in [0.25, 0.3) is 0 Å². The number of nitrogens with zero attached hydrogens (tertiary/aromatic N) is 4. The Kier molecular flexibility index (Phi) is 4.64. The highest BCUT2D eigenvalue weighted by molar-refractivity contribution is 5.80. The number of hydrogen-bond donors (Lipinski definition) is 2. The topological polar surface area (TPSA) is 67.1 Å². The fourth-order valence-electron chi connectivity index (χ4n) is 3.01. The van der Waals surface area contributed by atoms with Crippen molar-refractivity contribution in [3.8, 4) is 0 Å². The van der Waals surface area contributed by atoms with Gasteiger partial charge in [0.15, 0.2) is 11.8 Å². The number of hydrogen-bond acceptors (Lipinski definition) is 3. The summed E-state index contributed by atoms with van der Waals surface area (Å²) in [6.07, 6.45) is 7.78. The van der Waals surface area contributed by atoms with E-state index in [9.17, 15) is 0 Å². The quantitative estimate of drug-likeness (QED) is 0.658. The van der Waals surface area contributed by atoms with E-state index >= 15 is 0 Å². The Labute approximate surface area is 132 Å². The standard InChI is InChI=1S/C16H28N6/c1-11-9-14(11)19-16(18-13-7-5-4-6-8-13)17-10-15-21-20-12(2)22(15)3/h11,13-14H,4-10H2,1-3H3,(H2,17,18,19). The second-order valence-electron chi connectivity index (χ2n) is 6.83. The zero-order valence-corrected chi connectivity index (χ0v) is 14.0. The number of aryl methyl sites for hydroxylation is 1. The molecule has 0 aliphatic heterocycles. The molecule has 0 spiro atoms. The van der Waals surface area contributed by atoms with Crippen LogP contribution < -0.4 is 10.6 Å². The average molecular weight is 304 g/mol. The molecule has 1 heterocycles. The number of aliphatic imine (C=N–C) groups is 1. The summed E-state index contributed by atoms with van der Waals surface area (Å²) in [6.45, 7) is 4.81. The lowest BCUT2D eigenvalue weighted by atomic mass is 9.96. The van der Waals surface area contributed by atoms with E-state index in [2.05, 4.69) is 27.8 Å². The minimum Gasteiger partial charge on any atom is -0.354 e. The zero-order chi connectivity index (χ0) is 15.5. The Bertz CT molecular complexity index is 529. The Morgan fingerprint density at radius 3 is 2.55 bits per heavy atom. The Morgan fingerprint density at radius 1 is 1.23 bits per heavy atom. The van der Waals surface area contributed by atoms with Gasteiger partial charge in [0.05, 0.1) is 0 Å². The lowest BCUT2D eigenvalue weighted by Gasteiger charge is -2.25. The van der Waals surface area contributed by atoms with E-state index in [1.165, 1.54) is 38.5 Å². The van der Waals surface area contributed by atoms with Crippen LogP contribution in [0.1, 0.15) is 57.1 Å². The van der Waals surface area contributed by atoms with E-state index in [-0.39, 0.29) is 0 Å². The molecule has 2 aliphatic carbocycles. The minimum absolute atomic E-state index is 0.565. The van der Waals surface area contributed by atoms with Crippen LogP contribution in [0, 0.1) is 12.8 Å². The highest BCUT2D eigenvalue weighted by Crippen LogP contribution is 2.29. The molecule has 2 saturated carbocycles. The van der Waals surface area contributed by atoms with Gasteiger partial charge in [0.1, 0.15) is 12.4 Å². The zero-order valence-electron chi connectivity index (χ0n) is 14.0. The molecule has 2 fully saturated rings. The van der Waals surface area contributed by atoms with Gasteiger partial charge in [-0.15, -0.1) is 10.2 Å². The van der Waals surface area contributed by atoms with Gasteiger partial charge in [-0.3, -0.25) is 0 Å². The van der Waals surface area contributed by atoms with Gasteiger partial charge in [-0.1, -0.05) is 26.2 Å². The maximum atomic E-state index is 4.75. The van der Waals surface area contributed by atoms with Gasteiger partial charge in [-0.2, -0.15) is 0 Å². The van der Waals surface area contributed by atoms with Crippen molar-refractivity contribution < 1.29 is 0 Å². The van der Waals surface area contributed by atoms with Gasteiger partial charge in [-0.05, 0) is 32.1 Å². The van der Waals surface area contributed by atoms with Crippen LogP contribution in [-0.4, -0.2) is 32.8 Å². The lowest BCUT2D eigenvalue weighted by Crippen LogP contribution is -2.45. The molecular weight excluding hydrogens is 276 g/mol. The highest BCUT2D eigenvalue weighted by Gasteiger charge is 2.33.